The minimum absolute atomic E-state index is 0.208. The molecule has 1 aromatic carbocycles. The van der Waals surface area contributed by atoms with E-state index in [9.17, 15) is 9.50 Å². The quantitative estimate of drug-likeness (QED) is 0.856. The lowest BCUT2D eigenvalue weighted by Gasteiger charge is -2.36. The zero-order chi connectivity index (χ0) is 13.7. The molecular weight excluding hydrogens is 241 g/mol. The van der Waals surface area contributed by atoms with Crippen molar-refractivity contribution in [3.63, 3.8) is 0 Å². The standard InChI is InChI=1S/C16H24FNO/c1-2-13-7-9-16(19,10-8-13)12-18-11-14-3-5-15(17)6-4-14/h3-6,13,18-19H,2,7-12H2,1H3. The summed E-state index contributed by atoms with van der Waals surface area (Å²) in [7, 11) is 0. The molecule has 0 bridgehead atoms. The molecule has 0 aliphatic heterocycles. The Hall–Kier alpha value is -0.930. The number of aliphatic hydroxyl groups is 1. The Morgan fingerprint density at radius 1 is 1.26 bits per heavy atom. The average Bonchev–Trinajstić information content (AvgIpc) is 2.42. The molecule has 0 atom stereocenters. The zero-order valence-electron chi connectivity index (χ0n) is 11.7. The molecule has 0 radical (unpaired) electrons. The number of benzene rings is 1. The van der Waals surface area contributed by atoms with Crippen LogP contribution in [0.3, 0.4) is 0 Å². The van der Waals surface area contributed by atoms with Crippen LogP contribution in [0.5, 0.6) is 0 Å². The maximum absolute atomic E-state index is 12.8. The molecule has 3 heteroatoms. The highest BCUT2D eigenvalue weighted by Gasteiger charge is 2.31. The van der Waals surface area contributed by atoms with Gasteiger partial charge in [-0.25, -0.2) is 4.39 Å². The highest BCUT2D eigenvalue weighted by Crippen LogP contribution is 2.33. The Morgan fingerprint density at radius 2 is 1.89 bits per heavy atom. The van der Waals surface area contributed by atoms with Crippen LogP contribution in [0.4, 0.5) is 4.39 Å². The van der Waals surface area contributed by atoms with E-state index in [1.807, 2.05) is 0 Å². The van der Waals surface area contributed by atoms with Crippen molar-refractivity contribution in [2.24, 2.45) is 5.92 Å². The molecule has 0 spiro atoms. The van der Waals surface area contributed by atoms with Gasteiger partial charge in [-0.05, 0) is 49.3 Å². The van der Waals surface area contributed by atoms with E-state index in [1.54, 1.807) is 12.1 Å². The first-order valence-electron chi connectivity index (χ1n) is 7.29. The summed E-state index contributed by atoms with van der Waals surface area (Å²) in [5, 5.41) is 13.8. The van der Waals surface area contributed by atoms with E-state index < -0.39 is 5.60 Å². The fourth-order valence-electron chi connectivity index (χ4n) is 2.84. The summed E-state index contributed by atoms with van der Waals surface area (Å²) in [5.74, 6) is 0.581. The van der Waals surface area contributed by atoms with Gasteiger partial charge in [0.15, 0.2) is 0 Å². The van der Waals surface area contributed by atoms with Crippen molar-refractivity contribution in [1.29, 1.82) is 0 Å². The van der Waals surface area contributed by atoms with E-state index >= 15 is 0 Å². The minimum Gasteiger partial charge on any atom is -0.389 e. The Balaban J connectivity index is 1.74. The Kier molecular flexibility index (Phi) is 4.94. The topological polar surface area (TPSA) is 32.3 Å². The fourth-order valence-corrected chi connectivity index (χ4v) is 2.84. The van der Waals surface area contributed by atoms with Gasteiger partial charge in [0.05, 0.1) is 5.60 Å². The third-order valence-corrected chi connectivity index (χ3v) is 4.31. The third-order valence-electron chi connectivity index (χ3n) is 4.31. The molecule has 1 fully saturated rings. The second-order valence-electron chi connectivity index (χ2n) is 5.81. The van der Waals surface area contributed by atoms with Crippen LogP contribution in [0.1, 0.15) is 44.6 Å². The van der Waals surface area contributed by atoms with Crippen molar-refractivity contribution in [2.45, 2.75) is 51.2 Å². The van der Waals surface area contributed by atoms with E-state index in [4.69, 9.17) is 0 Å². The second kappa shape index (κ2) is 6.49. The normalized spacial score (nSPS) is 27.4. The number of hydrogen-bond acceptors (Lipinski definition) is 2. The molecule has 19 heavy (non-hydrogen) atoms. The van der Waals surface area contributed by atoms with E-state index in [0.29, 0.717) is 13.1 Å². The first-order chi connectivity index (χ1) is 9.11. The maximum atomic E-state index is 12.8. The Labute approximate surface area is 115 Å². The van der Waals surface area contributed by atoms with Crippen LogP contribution >= 0.6 is 0 Å². The molecule has 2 nitrogen and oxygen atoms in total. The van der Waals surface area contributed by atoms with Crippen LogP contribution in [0.15, 0.2) is 24.3 Å². The van der Waals surface area contributed by atoms with Gasteiger partial charge in [0.1, 0.15) is 5.82 Å². The number of hydrogen-bond donors (Lipinski definition) is 2. The highest BCUT2D eigenvalue weighted by molar-refractivity contribution is 5.15. The van der Waals surface area contributed by atoms with E-state index in [2.05, 4.69) is 12.2 Å². The second-order valence-corrected chi connectivity index (χ2v) is 5.81. The lowest BCUT2D eigenvalue weighted by molar-refractivity contribution is -0.00881. The lowest BCUT2D eigenvalue weighted by Crippen LogP contribution is -2.43. The molecule has 2 rings (SSSR count). The van der Waals surface area contributed by atoms with Crippen molar-refractivity contribution in [1.82, 2.24) is 5.32 Å². The highest BCUT2D eigenvalue weighted by atomic mass is 19.1. The van der Waals surface area contributed by atoms with E-state index in [0.717, 1.165) is 37.2 Å². The largest absolute Gasteiger partial charge is 0.389 e. The molecule has 0 heterocycles. The molecule has 0 amide bonds. The maximum Gasteiger partial charge on any atom is 0.123 e. The van der Waals surface area contributed by atoms with Crippen LogP contribution in [0, 0.1) is 11.7 Å². The van der Waals surface area contributed by atoms with Crippen molar-refractivity contribution in [3.05, 3.63) is 35.6 Å². The predicted molar refractivity (Wildman–Crippen MR) is 75.3 cm³/mol. The molecule has 1 aliphatic rings. The van der Waals surface area contributed by atoms with Crippen LogP contribution in [-0.4, -0.2) is 17.3 Å². The van der Waals surface area contributed by atoms with Gasteiger partial charge in [-0.2, -0.15) is 0 Å². The molecule has 0 unspecified atom stereocenters. The van der Waals surface area contributed by atoms with Gasteiger partial charge in [0, 0.05) is 13.1 Å². The number of nitrogens with one attached hydrogen (secondary N) is 1. The zero-order valence-corrected chi connectivity index (χ0v) is 11.7. The van der Waals surface area contributed by atoms with Gasteiger partial charge in [0.25, 0.3) is 0 Å². The van der Waals surface area contributed by atoms with E-state index in [1.165, 1.54) is 18.6 Å². The summed E-state index contributed by atoms with van der Waals surface area (Å²) in [6.07, 6.45) is 5.26. The lowest BCUT2D eigenvalue weighted by atomic mass is 9.78. The molecule has 1 aromatic rings. The summed E-state index contributed by atoms with van der Waals surface area (Å²) in [6, 6.07) is 6.50. The van der Waals surface area contributed by atoms with Crippen LogP contribution in [0.25, 0.3) is 0 Å². The van der Waals surface area contributed by atoms with Gasteiger partial charge >= 0.3 is 0 Å². The molecule has 106 valence electrons. The van der Waals surface area contributed by atoms with Crippen LogP contribution < -0.4 is 5.32 Å². The van der Waals surface area contributed by atoms with Gasteiger partial charge in [-0.15, -0.1) is 0 Å². The predicted octanol–water partition coefficient (Wildman–Crippen LogP) is 3.25. The third kappa shape index (κ3) is 4.29. The van der Waals surface area contributed by atoms with Crippen molar-refractivity contribution in [3.8, 4) is 0 Å². The molecule has 2 N–H and O–H groups in total. The number of rotatable bonds is 5. The smallest absolute Gasteiger partial charge is 0.123 e. The minimum atomic E-state index is -0.550. The molecule has 1 saturated carbocycles. The van der Waals surface area contributed by atoms with Crippen molar-refractivity contribution >= 4 is 0 Å². The Bertz CT molecular complexity index is 382. The van der Waals surface area contributed by atoms with Gasteiger partial charge in [0.2, 0.25) is 0 Å². The van der Waals surface area contributed by atoms with Crippen molar-refractivity contribution in [2.75, 3.05) is 6.54 Å². The fraction of sp³-hybridized carbons (Fsp3) is 0.625. The average molecular weight is 265 g/mol. The first-order valence-corrected chi connectivity index (χ1v) is 7.29. The van der Waals surface area contributed by atoms with Crippen LogP contribution in [0.2, 0.25) is 0 Å². The molecular formula is C16H24FNO. The summed E-state index contributed by atoms with van der Waals surface area (Å²) in [6.45, 7) is 3.53. The Morgan fingerprint density at radius 3 is 2.47 bits per heavy atom. The SMILES string of the molecule is CCC1CCC(O)(CNCc2ccc(F)cc2)CC1. The molecule has 0 aromatic heterocycles. The van der Waals surface area contributed by atoms with Gasteiger partial charge in [-0.3, -0.25) is 0 Å². The van der Waals surface area contributed by atoms with Gasteiger partial charge in [-0.1, -0.05) is 25.5 Å². The molecule has 0 saturated heterocycles. The van der Waals surface area contributed by atoms with Gasteiger partial charge < -0.3 is 10.4 Å². The monoisotopic (exact) mass is 265 g/mol. The summed E-state index contributed by atoms with van der Waals surface area (Å²) in [4.78, 5) is 0. The van der Waals surface area contributed by atoms with Crippen molar-refractivity contribution < 1.29 is 9.50 Å². The summed E-state index contributed by atoms with van der Waals surface area (Å²) >= 11 is 0. The first kappa shape index (κ1) is 14.5. The van der Waals surface area contributed by atoms with E-state index in [-0.39, 0.29) is 5.82 Å². The summed E-state index contributed by atoms with van der Waals surface area (Å²) in [5.41, 5.74) is 0.498. The molecule has 1 aliphatic carbocycles. The summed E-state index contributed by atoms with van der Waals surface area (Å²) < 4.78 is 12.8. The number of halogens is 1. The van der Waals surface area contributed by atoms with Crippen LogP contribution in [-0.2, 0) is 6.54 Å².